The molecule has 0 unspecified atom stereocenters. The predicted molar refractivity (Wildman–Crippen MR) is 92.6 cm³/mol. The Balaban J connectivity index is 2.11. The minimum Gasteiger partial charge on any atom is -0.462 e. The van der Waals surface area contributed by atoms with Crippen LogP contribution >= 0.6 is 0 Å². The number of non-ortho nitro benzene ring substituents is 1. The number of nitro benzene ring substituents is 1. The largest absolute Gasteiger partial charge is 0.462 e. The Morgan fingerprint density at radius 1 is 1.12 bits per heavy atom. The van der Waals surface area contributed by atoms with Crippen LogP contribution < -0.4 is 5.32 Å². The van der Waals surface area contributed by atoms with Crippen molar-refractivity contribution in [2.45, 2.75) is 13.8 Å². The molecule has 2 aromatic rings. The molecule has 0 atom stereocenters. The highest BCUT2D eigenvalue weighted by Crippen LogP contribution is 2.16. The molecule has 0 aliphatic carbocycles. The standard InChI is InChI=1S/C18H18N2O5/c1-12(2)11-25-18(22)14-6-3-7-15(9-14)19-17(21)13-5-4-8-16(10-13)20(23)24/h3-10,12H,11H2,1-2H3,(H,19,21). The first-order chi connectivity index (χ1) is 11.9. The van der Waals surface area contributed by atoms with Crippen molar-refractivity contribution in [2.75, 3.05) is 11.9 Å². The molecule has 25 heavy (non-hydrogen) atoms. The second-order valence-corrected chi connectivity index (χ2v) is 5.83. The van der Waals surface area contributed by atoms with Crippen molar-refractivity contribution < 1.29 is 19.2 Å². The Bertz CT molecular complexity index is 802. The summed E-state index contributed by atoms with van der Waals surface area (Å²) in [7, 11) is 0. The fraction of sp³-hybridized carbons (Fsp3) is 0.222. The van der Waals surface area contributed by atoms with Crippen molar-refractivity contribution in [1.82, 2.24) is 0 Å². The van der Waals surface area contributed by atoms with E-state index in [0.29, 0.717) is 17.9 Å². The third-order valence-electron chi connectivity index (χ3n) is 3.22. The van der Waals surface area contributed by atoms with Crippen LogP contribution in [0.1, 0.15) is 34.6 Å². The number of carbonyl (C=O) groups is 2. The molecule has 7 heteroatoms. The van der Waals surface area contributed by atoms with Gasteiger partial charge in [-0.25, -0.2) is 4.79 Å². The average Bonchev–Trinajstić information content (AvgIpc) is 2.59. The number of hydrogen-bond donors (Lipinski definition) is 1. The van der Waals surface area contributed by atoms with E-state index in [2.05, 4.69) is 5.32 Å². The average molecular weight is 342 g/mol. The first-order valence-electron chi connectivity index (χ1n) is 7.70. The van der Waals surface area contributed by atoms with E-state index >= 15 is 0 Å². The summed E-state index contributed by atoms with van der Waals surface area (Å²) in [5, 5.41) is 13.4. The van der Waals surface area contributed by atoms with Crippen molar-refractivity contribution in [1.29, 1.82) is 0 Å². The Morgan fingerprint density at radius 3 is 2.48 bits per heavy atom. The predicted octanol–water partition coefficient (Wildman–Crippen LogP) is 3.66. The van der Waals surface area contributed by atoms with Gasteiger partial charge in [0.2, 0.25) is 0 Å². The van der Waals surface area contributed by atoms with Gasteiger partial charge in [0.05, 0.1) is 17.1 Å². The van der Waals surface area contributed by atoms with Gasteiger partial charge in [-0.3, -0.25) is 14.9 Å². The molecule has 0 aliphatic heterocycles. The molecule has 0 heterocycles. The molecule has 1 amide bonds. The Hall–Kier alpha value is -3.22. The SMILES string of the molecule is CC(C)COC(=O)c1cccc(NC(=O)c2cccc([N+](=O)[O-])c2)c1. The molecular formula is C18H18N2O5. The molecule has 2 rings (SSSR count). The van der Waals surface area contributed by atoms with E-state index in [1.165, 1.54) is 30.3 Å². The summed E-state index contributed by atoms with van der Waals surface area (Å²) in [6, 6.07) is 11.7. The number of anilines is 1. The smallest absolute Gasteiger partial charge is 0.338 e. The fourth-order valence-corrected chi connectivity index (χ4v) is 2.01. The van der Waals surface area contributed by atoms with Gasteiger partial charge in [0.15, 0.2) is 0 Å². The zero-order valence-corrected chi connectivity index (χ0v) is 13.9. The number of carbonyl (C=O) groups excluding carboxylic acids is 2. The van der Waals surface area contributed by atoms with Crippen LogP contribution in [0.15, 0.2) is 48.5 Å². The van der Waals surface area contributed by atoms with Crippen LogP contribution in [0.25, 0.3) is 0 Å². The van der Waals surface area contributed by atoms with Crippen LogP contribution in [-0.2, 0) is 4.74 Å². The molecular weight excluding hydrogens is 324 g/mol. The molecule has 0 fully saturated rings. The molecule has 0 saturated carbocycles. The summed E-state index contributed by atoms with van der Waals surface area (Å²) < 4.78 is 5.15. The van der Waals surface area contributed by atoms with E-state index in [0.717, 1.165) is 0 Å². The van der Waals surface area contributed by atoms with Gasteiger partial charge in [-0.05, 0) is 30.2 Å². The van der Waals surface area contributed by atoms with Crippen LogP contribution in [0, 0.1) is 16.0 Å². The van der Waals surface area contributed by atoms with Crippen molar-refractivity contribution in [3.63, 3.8) is 0 Å². The van der Waals surface area contributed by atoms with E-state index in [9.17, 15) is 19.7 Å². The van der Waals surface area contributed by atoms with E-state index in [4.69, 9.17) is 4.74 Å². The summed E-state index contributed by atoms with van der Waals surface area (Å²) >= 11 is 0. The zero-order valence-electron chi connectivity index (χ0n) is 13.9. The summed E-state index contributed by atoms with van der Waals surface area (Å²) in [4.78, 5) is 34.4. The monoisotopic (exact) mass is 342 g/mol. The Morgan fingerprint density at radius 2 is 1.80 bits per heavy atom. The van der Waals surface area contributed by atoms with Gasteiger partial charge >= 0.3 is 5.97 Å². The van der Waals surface area contributed by atoms with Crippen LogP contribution in [0.4, 0.5) is 11.4 Å². The first kappa shape index (κ1) is 18.1. The van der Waals surface area contributed by atoms with Crippen LogP contribution in [0.2, 0.25) is 0 Å². The molecule has 2 aromatic carbocycles. The van der Waals surface area contributed by atoms with E-state index < -0.39 is 16.8 Å². The lowest BCUT2D eigenvalue weighted by molar-refractivity contribution is -0.384. The van der Waals surface area contributed by atoms with Crippen LogP contribution in [0.5, 0.6) is 0 Å². The fourth-order valence-electron chi connectivity index (χ4n) is 2.01. The number of nitro groups is 1. The van der Waals surface area contributed by atoms with Gasteiger partial charge in [-0.1, -0.05) is 26.0 Å². The van der Waals surface area contributed by atoms with Gasteiger partial charge in [-0.15, -0.1) is 0 Å². The van der Waals surface area contributed by atoms with Crippen LogP contribution in [-0.4, -0.2) is 23.4 Å². The molecule has 0 spiro atoms. The number of esters is 1. The quantitative estimate of drug-likeness (QED) is 0.491. The lowest BCUT2D eigenvalue weighted by atomic mass is 10.1. The topological polar surface area (TPSA) is 98.5 Å². The van der Waals surface area contributed by atoms with Gasteiger partial charge in [0.25, 0.3) is 11.6 Å². The summed E-state index contributed by atoms with van der Waals surface area (Å²) in [6.45, 7) is 4.18. The number of nitrogens with zero attached hydrogens (tertiary/aromatic N) is 1. The molecule has 130 valence electrons. The minimum absolute atomic E-state index is 0.155. The Kier molecular flexibility index (Phi) is 5.84. The highest BCUT2D eigenvalue weighted by molar-refractivity contribution is 6.05. The summed E-state index contributed by atoms with van der Waals surface area (Å²) in [6.07, 6.45) is 0. The number of hydrogen-bond acceptors (Lipinski definition) is 5. The van der Waals surface area contributed by atoms with E-state index in [1.54, 1.807) is 18.2 Å². The maximum atomic E-state index is 12.2. The Labute approximate surface area is 144 Å². The maximum Gasteiger partial charge on any atom is 0.338 e. The second kappa shape index (κ2) is 8.05. The third kappa shape index (κ3) is 5.13. The highest BCUT2D eigenvalue weighted by Gasteiger charge is 2.13. The van der Waals surface area contributed by atoms with Crippen molar-refractivity contribution in [2.24, 2.45) is 5.92 Å². The first-order valence-corrected chi connectivity index (χ1v) is 7.70. The number of nitrogens with one attached hydrogen (secondary N) is 1. The normalized spacial score (nSPS) is 10.4. The number of rotatable bonds is 6. The van der Waals surface area contributed by atoms with Crippen molar-refractivity contribution in [3.05, 3.63) is 69.8 Å². The molecule has 7 nitrogen and oxygen atoms in total. The lowest BCUT2D eigenvalue weighted by Crippen LogP contribution is -2.13. The molecule has 0 saturated heterocycles. The van der Waals surface area contributed by atoms with Gasteiger partial charge in [-0.2, -0.15) is 0 Å². The molecule has 0 radical (unpaired) electrons. The van der Waals surface area contributed by atoms with E-state index in [-0.39, 0.29) is 17.2 Å². The zero-order chi connectivity index (χ0) is 18.4. The lowest BCUT2D eigenvalue weighted by Gasteiger charge is -2.09. The van der Waals surface area contributed by atoms with Crippen molar-refractivity contribution >= 4 is 23.3 Å². The van der Waals surface area contributed by atoms with Gasteiger partial charge < -0.3 is 10.1 Å². The molecule has 0 aromatic heterocycles. The minimum atomic E-state index is -0.567. The molecule has 1 N–H and O–H groups in total. The van der Waals surface area contributed by atoms with Crippen molar-refractivity contribution in [3.8, 4) is 0 Å². The van der Waals surface area contributed by atoms with Crippen LogP contribution in [0.3, 0.4) is 0 Å². The van der Waals surface area contributed by atoms with Gasteiger partial charge in [0.1, 0.15) is 0 Å². The van der Waals surface area contributed by atoms with Gasteiger partial charge in [0, 0.05) is 23.4 Å². The summed E-state index contributed by atoms with van der Waals surface area (Å²) in [5.41, 5.74) is 0.702. The third-order valence-corrected chi connectivity index (χ3v) is 3.22. The number of ether oxygens (including phenoxy) is 1. The number of benzene rings is 2. The second-order valence-electron chi connectivity index (χ2n) is 5.83. The maximum absolute atomic E-state index is 12.2. The molecule has 0 bridgehead atoms. The molecule has 0 aliphatic rings. The summed E-state index contributed by atoms with van der Waals surface area (Å²) in [5.74, 6) is -0.753. The highest BCUT2D eigenvalue weighted by atomic mass is 16.6. The van der Waals surface area contributed by atoms with E-state index in [1.807, 2.05) is 13.8 Å². The number of amides is 1.